The van der Waals surface area contributed by atoms with Crippen molar-refractivity contribution in [2.45, 2.75) is 54.7 Å². The van der Waals surface area contributed by atoms with E-state index in [1.807, 2.05) is 11.8 Å². The fourth-order valence-electron chi connectivity index (χ4n) is 2.38. The Labute approximate surface area is 97.6 Å². The van der Waals surface area contributed by atoms with Crippen LogP contribution >= 0.6 is 24.4 Å². The van der Waals surface area contributed by atoms with E-state index in [2.05, 4.69) is 19.6 Å². The minimum atomic E-state index is -0.0853. The first kappa shape index (κ1) is 11.2. The van der Waals surface area contributed by atoms with Gasteiger partial charge in [-0.1, -0.05) is 26.2 Å². The standard InChI is InChI=1S/C10H17BOS2/c1-2-3-4-5-10-6-14-7(8(10)13)9(11)12-10/h7-9,13H,2-6H2,1H3/t7?,8?,9-,10-/m1/s1. The Morgan fingerprint density at radius 1 is 1.57 bits per heavy atom. The van der Waals surface area contributed by atoms with E-state index < -0.39 is 0 Å². The molecule has 2 radical (unpaired) electrons. The molecule has 2 aliphatic rings. The second-order valence-corrected chi connectivity index (χ2v) is 6.05. The zero-order chi connectivity index (χ0) is 10.2. The van der Waals surface area contributed by atoms with Crippen molar-refractivity contribution in [3.05, 3.63) is 0 Å². The van der Waals surface area contributed by atoms with E-state index in [0.29, 0.717) is 10.5 Å². The first-order valence-corrected chi connectivity index (χ1v) is 6.99. The molecule has 2 bridgehead atoms. The monoisotopic (exact) mass is 228 g/mol. The molecule has 78 valence electrons. The molecule has 2 saturated heterocycles. The Bertz CT molecular complexity index is 214. The molecule has 0 aromatic carbocycles. The third-order valence-electron chi connectivity index (χ3n) is 3.27. The van der Waals surface area contributed by atoms with Crippen molar-refractivity contribution >= 4 is 32.2 Å². The van der Waals surface area contributed by atoms with Gasteiger partial charge in [-0.25, -0.2) is 0 Å². The van der Waals surface area contributed by atoms with Gasteiger partial charge in [0.15, 0.2) is 0 Å². The van der Waals surface area contributed by atoms with Crippen LogP contribution in [0.3, 0.4) is 0 Å². The van der Waals surface area contributed by atoms with Crippen LogP contribution in [0.4, 0.5) is 0 Å². The predicted molar refractivity (Wildman–Crippen MR) is 66.5 cm³/mol. The number of ether oxygens (including phenoxy) is 1. The van der Waals surface area contributed by atoms with Gasteiger partial charge in [0.05, 0.1) is 5.60 Å². The van der Waals surface area contributed by atoms with Crippen molar-refractivity contribution in [1.82, 2.24) is 0 Å². The summed E-state index contributed by atoms with van der Waals surface area (Å²) >= 11 is 6.60. The van der Waals surface area contributed by atoms with Crippen LogP contribution < -0.4 is 0 Å². The maximum atomic E-state index is 5.91. The van der Waals surface area contributed by atoms with Crippen molar-refractivity contribution < 1.29 is 4.74 Å². The molecule has 0 amide bonds. The van der Waals surface area contributed by atoms with Gasteiger partial charge in [-0.05, 0) is 6.42 Å². The maximum absolute atomic E-state index is 5.91. The van der Waals surface area contributed by atoms with E-state index in [1.54, 1.807) is 0 Å². The van der Waals surface area contributed by atoms with Crippen LogP contribution in [0.25, 0.3) is 0 Å². The quantitative estimate of drug-likeness (QED) is 0.449. The molecule has 4 heteroatoms. The average Bonchev–Trinajstić information content (AvgIpc) is 2.57. The Morgan fingerprint density at radius 2 is 2.36 bits per heavy atom. The second-order valence-electron chi connectivity index (χ2n) is 4.32. The van der Waals surface area contributed by atoms with Gasteiger partial charge in [0, 0.05) is 22.3 Å². The minimum absolute atomic E-state index is 0.00691. The van der Waals surface area contributed by atoms with E-state index in [1.165, 1.54) is 19.3 Å². The molecule has 2 aliphatic heterocycles. The molecule has 2 rings (SSSR count). The Balaban J connectivity index is 1.94. The van der Waals surface area contributed by atoms with Crippen LogP contribution in [0.15, 0.2) is 0 Å². The van der Waals surface area contributed by atoms with Crippen molar-refractivity contribution in [2.24, 2.45) is 0 Å². The zero-order valence-electron chi connectivity index (χ0n) is 8.61. The third kappa shape index (κ3) is 1.74. The van der Waals surface area contributed by atoms with E-state index in [0.717, 1.165) is 12.2 Å². The number of fused-ring (bicyclic) bond motifs is 2. The Kier molecular flexibility index (Phi) is 3.45. The Morgan fingerprint density at radius 3 is 2.86 bits per heavy atom. The third-order valence-corrected chi connectivity index (χ3v) is 5.84. The molecule has 2 fully saturated rings. The number of hydrogen-bond donors (Lipinski definition) is 1. The number of hydrogen-bond acceptors (Lipinski definition) is 3. The summed E-state index contributed by atoms with van der Waals surface area (Å²) in [7, 11) is 5.91. The summed E-state index contributed by atoms with van der Waals surface area (Å²) in [5.74, 6) is 1.09. The molecule has 2 unspecified atom stereocenters. The minimum Gasteiger partial charge on any atom is -0.378 e. The zero-order valence-corrected chi connectivity index (χ0v) is 10.3. The van der Waals surface area contributed by atoms with Crippen LogP contribution in [0.5, 0.6) is 0 Å². The van der Waals surface area contributed by atoms with Crippen LogP contribution in [-0.4, -0.2) is 35.7 Å². The Hall–Kier alpha value is 0.725. The average molecular weight is 228 g/mol. The van der Waals surface area contributed by atoms with Crippen molar-refractivity contribution in [1.29, 1.82) is 0 Å². The first-order valence-electron chi connectivity index (χ1n) is 5.43. The summed E-state index contributed by atoms with van der Waals surface area (Å²) in [5, 5.41) is 0.763. The van der Waals surface area contributed by atoms with Crippen molar-refractivity contribution in [2.75, 3.05) is 5.75 Å². The summed E-state index contributed by atoms with van der Waals surface area (Å²) in [6.45, 7) is 2.23. The fourth-order valence-corrected chi connectivity index (χ4v) is 4.76. The van der Waals surface area contributed by atoms with Gasteiger partial charge in [-0.15, -0.1) is 0 Å². The number of unbranched alkanes of at least 4 members (excludes halogenated alkanes) is 2. The highest BCUT2D eigenvalue weighted by Crippen LogP contribution is 2.51. The van der Waals surface area contributed by atoms with Crippen LogP contribution in [0.2, 0.25) is 0 Å². The predicted octanol–water partition coefficient (Wildman–Crippen LogP) is 2.24. The van der Waals surface area contributed by atoms with Gasteiger partial charge in [0.25, 0.3) is 0 Å². The molecule has 0 saturated carbocycles. The second kappa shape index (κ2) is 4.30. The summed E-state index contributed by atoms with van der Waals surface area (Å²) in [6.07, 6.45) is 4.92. The highest BCUT2D eigenvalue weighted by Gasteiger charge is 2.56. The molecule has 0 aliphatic carbocycles. The van der Waals surface area contributed by atoms with Crippen molar-refractivity contribution in [3.8, 4) is 0 Å². The first-order chi connectivity index (χ1) is 6.69. The molecule has 1 nitrogen and oxygen atoms in total. The van der Waals surface area contributed by atoms with E-state index in [4.69, 9.17) is 12.6 Å². The summed E-state index contributed by atoms with van der Waals surface area (Å²) in [6, 6.07) is -0.0853. The fraction of sp³-hybridized carbons (Fsp3) is 1.00. The topological polar surface area (TPSA) is 9.23 Å². The van der Waals surface area contributed by atoms with Gasteiger partial charge >= 0.3 is 0 Å². The molecule has 0 N–H and O–H groups in total. The summed E-state index contributed by atoms with van der Waals surface area (Å²) in [5.41, 5.74) is -0.00691. The molecule has 0 aromatic heterocycles. The molecule has 4 atom stereocenters. The van der Waals surface area contributed by atoms with Crippen LogP contribution in [0, 0.1) is 0 Å². The van der Waals surface area contributed by atoms with E-state index in [9.17, 15) is 0 Å². The SMILES string of the molecule is [B][C@@H]1O[C@]2(CCCCC)CSC1C2S. The number of rotatable bonds is 4. The highest BCUT2D eigenvalue weighted by atomic mass is 32.2. The lowest BCUT2D eigenvalue weighted by atomic mass is 9.92. The normalized spacial score (nSPS) is 46.0. The van der Waals surface area contributed by atoms with Gasteiger partial charge in [0.2, 0.25) is 0 Å². The number of thioether (sulfide) groups is 1. The van der Waals surface area contributed by atoms with Crippen molar-refractivity contribution in [3.63, 3.8) is 0 Å². The highest BCUT2D eigenvalue weighted by molar-refractivity contribution is 8.01. The van der Waals surface area contributed by atoms with Gasteiger partial charge in [0.1, 0.15) is 7.85 Å². The molecular weight excluding hydrogens is 211 g/mol. The molecule has 14 heavy (non-hydrogen) atoms. The lowest BCUT2D eigenvalue weighted by Crippen LogP contribution is -2.37. The van der Waals surface area contributed by atoms with E-state index in [-0.39, 0.29) is 11.6 Å². The largest absolute Gasteiger partial charge is 0.378 e. The smallest absolute Gasteiger partial charge is 0.110 e. The summed E-state index contributed by atoms with van der Waals surface area (Å²) < 4.78 is 5.89. The molecule has 0 aromatic rings. The lowest BCUT2D eigenvalue weighted by molar-refractivity contribution is -0.000657. The van der Waals surface area contributed by atoms with Gasteiger partial charge in [-0.3, -0.25) is 0 Å². The lowest BCUT2D eigenvalue weighted by Gasteiger charge is -2.30. The molecule has 2 heterocycles. The maximum Gasteiger partial charge on any atom is 0.110 e. The van der Waals surface area contributed by atoms with Crippen LogP contribution in [-0.2, 0) is 4.74 Å². The van der Waals surface area contributed by atoms with Crippen LogP contribution in [0.1, 0.15) is 32.6 Å². The van der Waals surface area contributed by atoms with Gasteiger partial charge < -0.3 is 4.74 Å². The number of thiol groups is 1. The molecular formula is C10H17BOS2. The van der Waals surface area contributed by atoms with E-state index >= 15 is 0 Å². The van der Waals surface area contributed by atoms with Gasteiger partial charge in [-0.2, -0.15) is 24.4 Å². The summed E-state index contributed by atoms with van der Waals surface area (Å²) in [4.78, 5) is 0. The molecule has 0 spiro atoms.